The van der Waals surface area contributed by atoms with Crippen molar-refractivity contribution in [2.75, 3.05) is 72.7 Å². The summed E-state index contributed by atoms with van der Waals surface area (Å²) in [6.45, 7) is 9.85. The van der Waals surface area contributed by atoms with Crippen LogP contribution in [0.1, 0.15) is 20.8 Å². The molecule has 0 aliphatic heterocycles. The third kappa shape index (κ3) is 18.0. The lowest BCUT2D eigenvalue weighted by Crippen LogP contribution is -2.27. The van der Waals surface area contributed by atoms with E-state index < -0.39 is 5.60 Å². The average molecular weight is 508 g/mol. The molecule has 0 bridgehead atoms. The number of hydrogen-bond acceptors (Lipinski definition) is 9. The van der Waals surface area contributed by atoms with Gasteiger partial charge < -0.3 is 33.2 Å². The number of ether oxygens (including phenoxy) is 7. The van der Waals surface area contributed by atoms with Gasteiger partial charge in [-0.15, -0.1) is 0 Å². The summed E-state index contributed by atoms with van der Waals surface area (Å²) in [6, 6.07) is 3.66. The molecule has 0 saturated heterocycles. The fourth-order valence-corrected chi connectivity index (χ4v) is 2.29. The number of halogens is 1. The first kappa shape index (κ1) is 27.7. The van der Waals surface area contributed by atoms with E-state index in [1.54, 1.807) is 12.3 Å². The third-order valence-corrected chi connectivity index (χ3v) is 3.77. The van der Waals surface area contributed by atoms with E-state index >= 15 is 0 Å². The molecule has 0 spiro atoms. The van der Waals surface area contributed by atoms with Crippen LogP contribution in [0.2, 0.25) is 0 Å². The van der Waals surface area contributed by atoms with Gasteiger partial charge in [-0.1, -0.05) is 0 Å². The number of rotatable bonds is 18. The first-order valence-electron chi connectivity index (χ1n) is 10.2. The highest BCUT2D eigenvalue weighted by molar-refractivity contribution is 9.10. The van der Waals surface area contributed by atoms with E-state index in [2.05, 4.69) is 20.9 Å². The molecule has 9 nitrogen and oxygen atoms in total. The molecule has 0 saturated carbocycles. The zero-order valence-electron chi connectivity index (χ0n) is 18.6. The van der Waals surface area contributed by atoms with Crippen molar-refractivity contribution >= 4 is 21.9 Å². The molecule has 0 fully saturated rings. The Balaban J connectivity index is 1.75. The third-order valence-electron chi connectivity index (χ3n) is 3.31. The van der Waals surface area contributed by atoms with E-state index in [-0.39, 0.29) is 12.6 Å². The van der Waals surface area contributed by atoms with E-state index in [1.165, 1.54) is 0 Å². The van der Waals surface area contributed by atoms with E-state index in [0.29, 0.717) is 71.9 Å². The molecule has 1 rings (SSSR count). The molecule has 1 aromatic heterocycles. The van der Waals surface area contributed by atoms with Crippen LogP contribution in [-0.2, 0) is 33.2 Å². The minimum Gasteiger partial charge on any atom is -0.475 e. The van der Waals surface area contributed by atoms with E-state index in [9.17, 15) is 4.79 Å². The zero-order valence-corrected chi connectivity index (χ0v) is 20.2. The molecule has 1 aromatic rings. The summed E-state index contributed by atoms with van der Waals surface area (Å²) in [4.78, 5) is 15.5. The molecule has 178 valence electrons. The topological polar surface area (TPSA) is 94.6 Å². The van der Waals surface area contributed by atoms with Gasteiger partial charge in [0.1, 0.15) is 18.8 Å². The largest absolute Gasteiger partial charge is 0.475 e. The second-order valence-electron chi connectivity index (χ2n) is 7.25. The smallest absolute Gasteiger partial charge is 0.332 e. The summed E-state index contributed by atoms with van der Waals surface area (Å²) in [6.07, 6.45) is 1.68. The van der Waals surface area contributed by atoms with Gasteiger partial charge in [-0.05, 0) is 42.8 Å². The van der Waals surface area contributed by atoms with Gasteiger partial charge in [-0.25, -0.2) is 9.78 Å². The Morgan fingerprint density at radius 2 is 1.29 bits per heavy atom. The monoisotopic (exact) mass is 507 g/mol. The molecular weight excluding hydrogens is 474 g/mol. The highest BCUT2D eigenvalue weighted by Crippen LogP contribution is 2.11. The molecule has 0 atom stereocenters. The predicted molar refractivity (Wildman–Crippen MR) is 117 cm³/mol. The SMILES string of the molecule is CC(C)(C)OC(=O)COCCOCCOCCOCCOCCOc1ccc(Br)cn1. The molecule has 0 N–H and O–H groups in total. The number of carbonyl (C=O) groups is 1. The Hall–Kier alpha value is -1.30. The fraction of sp³-hybridized carbons (Fsp3) is 0.714. The van der Waals surface area contributed by atoms with Crippen molar-refractivity contribution in [3.8, 4) is 5.88 Å². The zero-order chi connectivity index (χ0) is 22.8. The number of pyridine rings is 1. The quantitative estimate of drug-likeness (QED) is 0.219. The van der Waals surface area contributed by atoms with Gasteiger partial charge in [0.25, 0.3) is 0 Å². The average Bonchev–Trinajstić information content (AvgIpc) is 2.70. The first-order valence-corrected chi connectivity index (χ1v) is 11.0. The van der Waals surface area contributed by atoms with Crippen LogP contribution in [0.25, 0.3) is 0 Å². The minimum atomic E-state index is -0.501. The molecule has 0 aromatic carbocycles. The Bertz CT molecular complexity index is 580. The number of aromatic nitrogens is 1. The second-order valence-corrected chi connectivity index (χ2v) is 8.17. The van der Waals surface area contributed by atoms with Crippen LogP contribution < -0.4 is 4.74 Å². The highest BCUT2D eigenvalue weighted by atomic mass is 79.9. The molecule has 0 aliphatic carbocycles. The van der Waals surface area contributed by atoms with Crippen molar-refractivity contribution in [2.45, 2.75) is 26.4 Å². The van der Waals surface area contributed by atoms with Gasteiger partial charge in [0.05, 0.1) is 59.5 Å². The number of carbonyl (C=O) groups excluding carboxylic acids is 1. The lowest BCUT2D eigenvalue weighted by atomic mass is 10.2. The Labute approximate surface area is 192 Å². The first-order chi connectivity index (χ1) is 14.9. The fourth-order valence-electron chi connectivity index (χ4n) is 2.06. The van der Waals surface area contributed by atoms with Crippen LogP contribution in [0.4, 0.5) is 0 Å². The molecule has 1 heterocycles. The van der Waals surface area contributed by atoms with Crippen molar-refractivity contribution in [3.05, 3.63) is 22.8 Å². The highest BCUT2D eigenvalue weighted by Gasteiger charge is 2.15. The van der Waals surface area contributed by atoms with Crippen molar-refractivity contribution in [3.63, 3.8) is 0 Å². The maximum atomic E-state index is 11.4. The summed E-state index contributed by atoms with van der Waals surface area (Å²) in [7, 11) is 0. The summed E-state index contributed by atoms with van der Waals surface area (Å²) in [5, 5.41) is 0. The molecule has 31 heavy (non-hydrogen) atoms. The predicted octanol–water partition coefficient (Wildman–Crippen LogP) is 2.65. The normalized spacial score (nSPS) is 11.5. The van der Waals surface area contributed by atoms with Crippen LogP contribution in [0, 0.1) is 0 Å². The number of nitrogens with zero attached hydrogens (tertiary/aromatic N) is 1. The summed E-state index contributed by atoms with van der Waals surface area (Å²) >= 11 is 3.32. The lowest BCUT2D eigenvalue weighted by molar-refractivity contribution is -0.160. The summed E-state index contributed by atoms with van der Waals surface area (Å²) in [5.74, 6) is 0.185. The number of hydrogen-bond donors (Lipinski definition) is 0. The van der Waals surface area contributed by atoms with Gasteiger partial charge in [-0.3, -0.25) is 0 Å². The van der Waals surface area contributed by atoms with Crippen LogP contribution in [0.3, 0.4) is 0 Å². The van der Waals surface area contributed by atoms with Crippen molar-refractivity contribution in [1.29, 1.82) is 0 Å². The van der Waals surface area contributed by atoms with Gasteiger partial charge in [0.2, 0.25) is 5.88 Å². The van der Waals surface area contributed by atoms with E-state index in [0.717, 1.165) is 4.47 Å². The van der Waals surface area contributed by atoms with E-state index in [1.807, 2.05) is 26.8 Å². The van der Waals surface area contributed by atoms with Crippen molar-refractivity contribution < 1.29 is 38.0 Å². The Morgan fingerprint density at radius 3 is 1.74 bits per heavy atom. The summed E-state index contributed by atoms with van der Waals surface area (Å²) < 4.78 is 38.3. The van der Waals surface area contributed by atoms with E-state index in [4.69, 9.17) is 33.2 Å². The molecular formula is C21H34BrNO8. The van der Waals surface area contributed by atoms with Crippen LogP contribution in [0.5, 0.6) is 5.88 Å². The van der Waals surface area contributed by atoms with Crippen LogP contribution >= 0.6 is 15.9 Å². The maximum absolute atomic E-state index is 11.4. The van der Waals surface area contributed by atoms with Crippen LogP contribution in [0.15, 0.2) is 22.8 Å². The standard InChI is InChI=1S/C21H34BrNO8/c1-21(2,3)31-20(24)17-29-13-12-27-9-8-25-6-7-26-10-11-28-14-15-30-19-5-4-18(22)16-23-19/h4-5,16H,6-15,17H2,1-3H3. The second kappa shape index (κ2) is 17.3. The molecule has 0 aliphatic rings. The molecule has 0 amide bonds. The maximum Gasteiger partial charge on any atom is 0.332 e. The number of esters is 1. The molecule has 0 unspecified atom stereocenters. The van der Waals surface area contributed by atoms with Gasteiger partial charge in [0.15, 0.2) is 0 Å². The Kier molecular flexibility index (Phi) is 15.5. The summed E-state index contributed by atoms with van der Waals surface area (Å²) in [5.41, 5.74) is -0.501. The molecule has 0 radical (unpaired) electrons. The Morgan fingerprint density at radius 1 is 0.806 bits per heavy atom. The van der Waals surface area contributed by atoms with Gasteiger partial charge in [-0.2, -0.15) is 0 Å². The van der Waals surface area contributed by atoms with Gasteiger partial charge in [0, 0.05) is 16.7 Å². The lowest BCUT2D eigenvalue weighted by Gasteiger charge is -2.19. The van der Waals surface area contributed by atoms with Crippen molar-refractivity contribution in [2.24, 2.45) is 0 Å². The van der Waals surface area contributed by atoms with Crippen LogP contribution in [-0.4, -0.2) is 89.2 Å². The van der Waals surface area contributed by atoms with Crippen molar-refractivity contribution in [1.82, 2.24) is 4.98 Å². The minimum absolute atomic E-state index is 0.0758. The molecule has 10 heteroatoms. The van der Waals surface area contributed by atoms with Gasteiger partial charge >= 0.3 is 5.97 Å².